The lowest BCUT2D eigenvalue weighted by atomic mass is 10.1. The highest BCUT2D eigenvalue weighted by molar-refractivity contribution is 7.11. The van der Waals surface area contributed by atoms with Crippen LogP contribution in [0.3, 0.4) is 0 Å². The molecule has 0 spiro atoms. The quantitative estimate of drug-likeness (QED) is 0.480. The van der Waals surface area contributed by atoms with Crippen LogP contribution < -0.4 is 20.1 Å². The van der Waals surface area contributed by atoms with Crippen molar-refractivity contribution in [2.45, 2.75) is 54.1 Å². The molecular formula is C21H32N4O2S. The van der Waals surface area contributed by atoms with Crippen molar-refractivity contribution in [3.63, 3.8) is 0 Å². The number of hydrogen-bond donors (Lipinski definition) is 2. The number of nitrogens with one attached hydrogen (secondary N) is 2. The van der Waals surface area contributed by atoms with Crippen LogP contribution in [-0.2, 0) is 6.54 Å². The van der Waals surface area contributed by atoms with Crippen LogP contribution in [0.1, 0.15) is 54.9 Å². The van der Waals surface area contributed by atoms with Crippen LogP contribution >= 0.6 is 11.3 Å². The zero-order valence-corrected chi connectivity index (χ0v) is 18.6. The molecule has 1 aromatic heterocycles. The molecule has 0 aliphatic rings. The molecule has 2 rings (SSSR count). The molecule has 1 atom stereocenters. The predicted molar refractivity (Wildman–Crippen MR) is 117 cm³/mol. The summed E-state index contributed by atoms with van der Waals surface area (Å²) in [6.07, 6.45) is 0. The number of thiazole rings is 1. The Morgan fingerprint density at radius 1 is 1.14 bits per heavy atom. The van der Waals surface area contributed by atoms with Crippen molar-refractivity contribution < 1.29 is 9.47 Å². The Labute approximate surface area is 172 Å². The van der Waals surface area contributed by atoms with E-state index in [1.807, 2.05) is 39.8 Å². The van der Waals surface area contributed by atoms with E-state index in [4.69, 9.17) is 14.5 Å². The molecule has 0 saturated carbocycles. The summed E-state index contributed by atoms with van der Waals surface area (Å²) in [6, 6.07) is 6.13. The lowest BCUT2D eigenvalue weighted by Crippen LogP contribution is -2.38. The van der Waals surface area contributed by atoms with Gasteiger partial charge in [-0.3, -0.25) is 0 Å². The number of rotatable bonds is 9. The van der Waals surface area contributed by atoms with Crippen molar-refractivity contribution in [3.05, 3.63) is 39.3 Å². The molecule has 2 aromatic rings. The van der Waals surface area contributed by atoms with Gasteiger partial charge in [0.15, 0.2) is 17.5 Å². The van der Waals surface area contributed by atoms with Gasteiger partial charge in [0.1, 0.15) is 0 Å². The van der Waals surface area contributed by atoms with Gasteiger partial charge in [0, 0.05) is 11.4 Å². The number of guanidine groups is 1. The smallest absolute Gasteiger partial charge is 0.192 e. The average molecular weight is 405 g/mol. The Bertz CT molecular complexity index is 789. The third-order valence-corrected chi connectivity index (χ3v) is 5.20. The Hall–Kier alpha value is -2.28. The molecule has 0 aliphatic heterocycles. The largest absolute Gasteiger partial charge is 0.490 e. The summed E-state index contributed by atoms with van der Waals surface area (Å²) < 4.78 is 11.4. The topological polar surface area (TPSA) is 67.8 Å². The zero-order chi connectivity index (χ0) is 20.5. The lowest BCUT2D eigenvalue weighted by Gasteiger charge is -2.20. The Morgan fingerprint density at radius 2 is 1.86 bits per heavy atom. The van der Waals surface area contributed by atoms with Crippen molar-refractivity contribution in [1.29, 1.82) is 0 Å². The standard InChI is InChI=1S/C21H32N4O2S/c1-7-22-21(23-13-20-15(5)24-16(6)28-20)25-14(4)17-10-11-18(26-8-2)19(12-17)27-9-3/h10-12,14H,7-9,13H2,1-6H3,(H2,22,23,25). The Balaban J connectivity index is 2.14. The van der Waals surface area contributed by atoms with Crippen molar-refractivity contribution in [2.24, 2.45) is 4.99 Å². The fourth-order valence-corrected chi connectivity index (χ4v) is 3.68. The van der Waals surface area contributed by atoms with Gasteiger partial charge in [-0.25, -0.2) is 9.98 Å². The van der Waals surface area contributed by atoms with Crippen LogP contribution in [0, 0.1) is 13.8 Å². The van der Waals surface area contributed by atoms with E-state index in [-0.39, 0.29) is 6.04 Å². The van der Waals surface area contributed by atoms with Crippen molar-refractivity contribution in [3.8, 4) is 11.5 Å². The van der Waals surface area contributed by atoms with Crippen LogP contribution in [0.15, 0.2) is 23.2 Å². The SMILES string of the molecule is CCNC(=NCc1sc(C)nc1C)NC(C)c1ccc(OCC)c(OCC)c1. The highest BCUT2D eigenvalue weighted by Gasteiger charge is 2.13. The molecule has 1 aromatic carbocycles. The van der Waals surface area contributed by atoms with Gasteiger partial charge in [0.2, 0.25) is 0 Å². The Kier molecular flexibility index (Phi) is 8.57. The summed E-state index contributed by atoms with van der Waals surface area (Å²) in [5.41, 5.74) is 2.17. The average Bonchev–Trinajstić information content (AvgIpc) is 2.99. The molecule has 7 heteroatoms. The highest BCUT2D eigenvalue weighted by Crippen LogP contribution is 2.30. The van der Waals surface area contributed by atoms with Crippen LogP contribution in [0.25, 0.3) is 0 Å². The van der Waals surface area contributed by atoms with E-state index in [1.165, 1.54) is 4.88 Å². The normalized spacial score (nSPS) is 12.6. The molecule has 0 fully saturated rings. The second-order valence-electron chi connectivity index (χ2n) is 6.37. The van der Waals surface area contributed by atoms with Crippen LogP contribution in [-0.4, -0.2) is 30.7 Å². The number of benzene rings is 1. The minimum Gasteiger partial charge on any atom is -0.490 e. The first-order chi connectivity index (χ1) is 13.5. The summed E-state index contributed by atoms with van der Waals surface area (Å²) in [5, 5.41) is 7.87. The maximum Gasteiger partial charge on any atom is 0.192 e. The molecule has 0 radical (unpaired) electrons. The van der Waals surface area contributed by atoms with Gasteiger partial charge < -0.3 is 20.1 Å². The van der Waals surface area contributed by atoms with Crippen molar-refractivity contribution in [1.82, 2.24) is 15.6 Å². The van der Waals surface area contributed by atoms with E-state index in [0.29, 0.717) is 19.8 Å². The first-order valence-corrected chi connectivity index (χ1v) is 10.7. The summed E-state index contributed by atoms with van der Waals surface area (Å²) in [4.78, 5) is 10.4. The zero-order valence-electron chi connectivity index (χ0n) is 17.8. The number of ether oxygens (including phenoxy) is 2. The molecule has 2 N–H and O–H groups in total. The third kappa shape index (κ3) is 6.12. The first kappa shape index (κ1) is 22.0. The molecule has 0 saturated heterocycles. The summed E-state index contributed by atoms with van der Waals surface area (Å²) >= 11 is 1.70. The van der Waals surface area contributed by atoms with Gasteiger partial charge >= 0.3 is 0 Å². The van der Waals surface area contributed by atoms with Gasteiger partial charge in [0.05, 0.1) is 36.5 Å². The summed E-state index contributed by atoms with van der Waals surface area (Å²) in [5.74, 6) is 2.33. The minimum atomic E-state index is 0.0666. The predicted octanol–water partition coefficient (Wildman–Crippen LogP) is 4.37. The van der Waals surface area contributed by atoms with E-state index in [1.54, 1.807) is 11.3 Å². The molecule has 1 heterocycles. The second-order valence-corrected chi connectivity index (χ2v) is 7.66. The molecule has 1 unspecified atom stereocenters. The number of aromatic nitrogens is 1. The fraction of sp³-hybridized carbons (Fsp3) is 0.524. The highest BCUT2D eigenvalue weighted by atomic mass is 32.1. The number of aliphatic imine (C=N–C) groups is 1. The molecule has 0 amide bonds. The molecule has 0 aliphatic carbocycles. The van der Waals surface area contributed by atoms with Gasteiger partial charge in [-0.05, 0) is 59.2 Å². The molecule has 28 heavy (non-hydrogen) atoms. The maximum atomic E-state index is 5.75. The number of hydrogen-bond acceptors (Lipinski definition) is 5. The maximum absolute atomic E-state index is 5.75. The van der Waals surface area contributed by atoms with E-state index in [9.17, 15) is 0 Å². The van der Waals surface area contributed by atoms with Gasteiger partial charge in [-0.15, -0.1) is 11.3 Å². The van der Waals surface area contributed by atoms with Gasteiger partial charge in [-0.2, -0.15) is 0 Å². The van der Waals surface area contributed by atoms with Gasteiger partial charge in [-0.1, -0.05) is 6.07 Å². The third-order valence-electron chi connectivity index (χ3n) is 4.15. The Morgan fingerprint density at radius 3 is 2.46 bits per heavy atom. The van der Waals surface area contributed by atoms with Crippen LogP contribution in [0.5, 0.6) is 11.5 Å². The van der Waals surface area contributed by atoms with Crippen LogP contribution in [0.2, 0.25) is 0 Å². The van der Waals surface area contributed by atoms with Crippen molar-refractivity contribution in [2.75, 3.05) is 19.8 Å². The summed E-state index contributed by atoms with van der Waals surface area (Å²) in [7, 11) is 0. The molecule has 0 bridgehead atoms. The van der Waals surface area contributed by atoms with Gasteiger partial charge in [0.25, 0.3) is 0 Å². The minimum absolute atomic E-state index is 0.0666. The number of aryl methyl sites for hydroxylation is 2. The van der Waals surface area contributed by atoms with Crippen LogP contribution in [0.4, 0.5) is 0 Å². The summed E-state index contributed by atoms with van der Waals surface area (Å²) in [6.45, 7) is 14.8. The van der Waals surface area contributed by atoms with E-state index in [2.05, 4.69) is 35.5 Å². The van der Waals surface area contributed by atoms with E-state index >= 15 is 0 Å². The van der Waals surface area contributed by atoms with Crippen molar-refractivity contribution >= 4 is 17.3 Å². The molecule has 6 nitrogen and oxygen atoms in total. The first-order valence-electron chi connectivity index (χ1n) is 9.85. The fourth-order valence-electron chi connectivity index (χ4n) is 2.82. The lowest BCUT2D eigenvalue weighted by molar-refractivity contribution is 0.287. The van der Waals surface area contributed by atoms with E-state index < -0.39 is 0 Å². The second kappa shape index (κ2) is 10.9. The molecular weight excluding hydrogens is 372 g/mol. The monoisotopic (exact) mass is 404 g/mol. The number of nitrogens with zero attached hydrogens (tertiary/aromatic N) is 2. The molecule has 154 valence electrons. The van der Waals surface area contributed by atoms with E-state index in [0.717, 1.165) is 40.3 Å².